The van der Waals surface area contributed by atoms with Gasteiger partial charge in [0, 0.05) is 0 Å². The number of carbonyl (C=O) groups is 2. The second kappa shape index (κ2) is 12.1. The molecule has 2 N–H and O–H groups in total. The van der Waals surface area contributed by atoms with Crippen LogP contribution in [-0.2, 0) is 30.3 Å². The van der Waals surface area contributed by atoms with E-state index in [-0.39, 0.29) is 12.2 Å². The van der Waals surface area contributed by atoms with E-state index in [1.807, 2.05) is 30.3 Å². The van der Waals surface area contributed by atoms with Gasteiger partial charge in [-0.25, -0.2) is 4.79 Å². The lowest BCUT2D eigenvalue weighted by molar-refractivity contribution is -0.322. The summed E-state index contributed by atoms with van der Waals surface area (Å²) in [6, 6.07) is 17.0. The first-order valence-electron chi connectivity index (χ1n) is 10.7. The largest absolute Gasteiger partial charge is 0.448 e. The molecule has 0 radical (unpaired) electrons. The minimum atomic E-state index is -2.60. The fourth-order valence-electron chi connectivity index (χ4n) is 3.66. The van der Waals surface area contributed by atoms with Crippen LogP contribution in [0.1, 0.15) is 22.8 Å². The van der Waals surface area contributed by atoms with Crippen LogP contribution in [0.2, 0.25) is 0 Å². The van der Waals surface area contributed by atoms with Gasteiger partial charge in [0.15, 0.2) is 0 Å². The quantitative estimate of drug-likeness (QED) is 0.206. The Labute approximate surface area is 227 Å². The monoisotopic (exact) mass is 577 g/mol. The Morgan fingerprint density at radius 1 is 1.08 bits per heavy atom. The van der Waals surface area contributed by atoms with Gasteiger partial charge in [0.05, 0.1) is 24.2 Å². The molecule has 1 aliphatic rings. The Hall–Kier alpha value is -1.91. The predicted molar refractivity (Wildman–Crippen MR) is 135 cm³/mol. The molecule has 0 spiro atoms. The number of Topliss-reactive ketones (excluding diaryl/α,β-unsaturated/α-hetero) is 1. The highest BCUT2D eigenvalue weighted by Crippen LogP contribution is 2.39. The predicted octanol–water partition coefficient (Wildman–Crippen LogP) is 4.45. The van der Waals surface area contributed by atoms with Gasteiger partial charge in [0.2, 0.25) is 17.8 Å². The van der Waals surface area contributed by atoms with Crippen molar-refractivity contribution in [3.63, 3.8) is 0 Å². The van der Waals surface area contributed by atoms with Crippen LogP contribution in [-0.4, -0.2) is 62.6 Å². The van der Waals surface area contributed by atoms with Crippen molar-refractivity contribution in [2.24, 2.45) is 0 Å². The highest BCUT2D eigenvalue weighted by Gasteiger charge is 2.63. The van der Waals surface area contributed by atoms with E-state index in [1.54, 1.807) is 18.2 Å². The number of alkyl halides is 4. The number of aliphatic hydroxyl groups excluding tert-OH is 1. The maximum atomic E-state index is 13.1. The number of hydrogen-bond acceptors (Lipinski definition) is 8. The SMILES string of the molecule is C[C@@H]1O[C@](OC(=N)C(Cl)(Cl)Cl)(C(=O)CCl)[C@H](OC(=O)c2ccccc2)[C@@H](O)[C@H]1OCc1ccccc1. The summed E-state index contributed by atoms with van der Waals surface area (Å²) in [6.45, 7) is 1.59. The van der Waals surface area contributed by atoms with Gasteiger partial charge in [-0.3, -0.25) is 10.2 Å². The smallest absolute Gasteiger partial charge is 0.338 e. The number of nitrogens with one attached hydrogen (secondary N) is 1. The van der Waals surface area contributed by atoms with Crippen molar-refractivity contribution in [3.8, 4) is 0 Å². The van der Waals surface area contributed by atoms with Gasteiger partial charge in [-0.1, -0.05) is 83.3 Å². The van der Waals surface area contributed by atoms with E-state index in [0.717, 1.165) is 5.56 Å². The topological polar surface area (TPSA) is 115 Å². The Bertz CT molecular complexity index is 1070. The van der Waals surface area contributed by atoms with Gasteiger partial charge in [-0.2, -0.15) is 0 Å². The van der Waals surface area contributed by atoms with Crippen molar-refractivity contribution in [2.45, 2.75) is 47.5 Å². The number of carbonyl (C=O) groups excluding carboxylic acids is 2. The van der Waals surface area contributed by atoms with Crippen LogP contribution in [0.25, 0.3) is 0 Å². The lowest BCUT2D eigenvalue weighted by atomic mass is 9.90. The minimum Gasteiger partial charge on any atom is -0.448 e. The average molecular weight is 579 g/mol. The molecule has 5 atom stereocenters. The number of rotatable bonds is 8. The number of hydrogen-bond donors (Lipinski definition) is 2. The molecule has 36 heavy (non-hydrogen) atoms. The highest BCUT2D eigenvalue weighted by atomic mass is 35.6. The number of benzene rings is 2. The molecule has 12 heteroatoms. The first-order valence-corrected chi connectivity index (χ1v) is 12.4. The fourth-order valence-corrected chi connectivity index (χ4v) is 3.96. The molecule has 0 amide bonds. The van der Waals surface area contributed by atoms with E-state index in [4.69, 9.17) is 70.8 Å². The summed E-state index contributed by atoms with van der Waals surface area (Å²) in [6.07, 6.45) is -5.60. The van der Waals surface area contributed by atoms with Gasteiger partial charge in [0.1, 0.15) is 12.2 Å². The summed E-state index contributed by atoms with van der Waals surface area (Å²) < 4.78 is 20.4. The van der Waals surface area contributed by atoms with E-state index in [0.29, 0.717) is 0 Å². The average Bonchev–Trinajstić information content (AvgIpc) is 2.86. The number of esters is 1. The van der Waals surface area contributed by atoms with Gasteiger partial charge >= 0.3 is 11.8 Å². The Morgan fingerprint density at radius 2 is 1.67 bits per heavy atom. The summed E-state index contributed by atoms with van der Waals surface area (Å²) >= 11 is 23.1. The zero-order valence-electron chi connectivity index (χ0n) is 18.9. The molecule has 0 aliphatic carbocycles. The summed E-state index contributed by atoms with van der Waals surface area (Å²) in [4.78, 5) is 26.1. The first kappa shape index (κ1) is 28.7. The normalized spacial score (nSPS) is 26.2. The van der Waals surface area contributed by atoms with Gasteiger partial charge < -0.3 is 24.1 Å². The Kier molecular flexibility index (Phi) is 9.62. The molecule has 1 aliphatic heterocycles. The van der Waals surface area contributed by atoms with Crippen LogP contribution in [0.15, 0.2) is 60.7 Å². The van der Waals surface area contributed by atoms with E-state index >= 15 is 0 Å². The molecular weight excluding hydrogens is 556 g/mol. The lowest BCUT2D eigenvalue weighted by Crippen LogP contribution is -2.70. The van der Waals surface area contributed by atoms with Gasteiger partial charge in [-0.15, -0.1) is 11.6 Å². The molecule has 1 saturated heterocycles. The van der Waals surface area contributed by atoms with Crippen LogP contribution in [0, 0.1) is 5.41 Å². The van der Waals surface area contributed by atoms with Gasteiger partial charge in [0.25, 0.3) is 3.79 Å². The standard InChI is InChI=1S/C24H23Cl4NO7/c1-14-19(33-13-15-8-4-2-5-9-15)18(31)20(34-21(32)16-10-6-3-7-11-16)23(35-14,17(30)12-25)36-22(29)24(26,27)28/h2-11,14,18-20,29,31H,12-13H2,1H3/t14-,18-,19-,20+,23-/m0/s1. The maximum Gasteiger partial charge on any atom is 0.338 e. The van der Waals surface area contributed by atoms with Crippen LogP contribution in [0.3, 0.4) is 0 Å². The molecule has 0 aromatic heterocycles. The van der Waals surface area contributed by atoms with Crippen LogP contribution in [0.5, 0.6) is 0 Å². The first-order chi connectivity index (χ1) is 17.0. The van der Waals surface area contributed by atoms with E-state index in [1.165, 1.54) is 19.1 Å². The van der Waals surface area contributed by atoms with Crippen molar-refractivity contribution in [1.82, 2.24) is 0 Å². The highest BCUT2D eigenvalue weighted by molar-refractivity contribution is 6.76. The van der Waals surface area contributed by atoms with Crippen LogP contribution >= 0.6 is 46.4 Å². The Balaban J connectivity index is 2.00. The molecule has 3 rings (SSSR count). The molecule has 8 nitrogen and oxygen atoms in total. The summed E-state index contributed by atoms with van der Waals surface area (Å²) in [5, 5.41) is 19.4. The summed E-state index contributed by atoms with van der Waals surface area (Å²) in [7, 11) is 0. The summed E-state index contributed by atoms with van der Waals surface area (Å²) in [5.74, 6) is -6.17. The van der Waals surface area contributed by atoms with Crippen molar-refractivity contribution in [2.75, 3.05) is 5.88 Å². The number of aliphatic hydroxyl groups is 1. The molecule has 2 aromatic rings. The third kappa shape index (κ3) is 6.50. The second-order valence-corrected chi connectivity index (χ2v) is 10.5. The van der Waals surface area contributed by atoms with Crippen molar-refractivity contribution in [1.29, 1.82) is 5.41 Å². The summed E-state index contributed by atoms with van der Waals surface area (Å²) in [5.41, 5.74) is 0.923. The maximum absolute atomic E-state index is 13.1. The van der Waals surface area contributed by atoms with Gasteiger partial charge in [-0.05, 0) is 24.6 Å². The molecule has 1 heterocycles. The number of ketones is 1. The van der Waals surface area contributed by atoms with Crippen LogP contribution in [0.4, 0.5) is 0 Å². The third-order valence-electron chi connectivity index (χ3n) is 5.39. The van der Waals surface area contributed by atoms with E-state index in [2.05, 4.69) is 0 Å². The molecule has 1 fully saturated rings. The van der Waals surface area contributed by atoms with Crippen molar-refractivity contribution < 1.29 is 33.6 Å². The Morgan fingerprint density at radius 3 is 2.22 bits per heavy atom. The molecule has 0 bridgehead atoms. The zero-order chi connectivity index (χ0) is 26.5. The third-order valence-corrected chi connectivity index (χ3v) is 6.15. The molecule has 194 valence electrons. The number of halogens is 4. The fraction of sp³-hybridized carbons (Fsp3) is 0.375. The molecular formula is C24H23Cl4NO7. The van der Waals surface area contributed by atoms with E-state index in [9.17, 15) is 14.7 Å². The van der Waals surface area contributed by atoms with Crippen molar-refractivity contribution in [3.05, 3.63) is 71.8 Å². The van der Waals surface area contributed by atoms with Crippen molar-refractivity contribution >= 4 is 64.1 Å². The molecule has 0 unspecified atom stereocenters. The molecule has 2 aromatic carbocycles. The minimum absolute atomic E-state index is 0.0803. The number of ether oxygens (including phenoxy) is 4. The molecule has 0 saturated carbocycles. The second-order valence-electron chi connectivity index (χ2n) is 7.92. The zero-order valence-corrected chi connectivity index (χ0v) is 21.9. The van der Waals surface area contributed by atoms with Crippen LogP contribution < -0.4 is 0 Å². The lowest BCUT2D eigenvalue weighted by Gasteiger charge is -2.48. The van der Waals surface area contributed by atoms with E-state index < -0.39 is 57.5 Å².